The van der Waals surface area contributed by atoms with Gasteiger partial charge in [-0.25, -0.2) is 4.98 Å². The number of nitrogens with one attached hydrogen (secondary N) is 2. The number of aromatic nitrogens is 4. The molecular formula is C48H66N6O4Si. The maximum Gasteiger partial charge on any atom is 0.248 e. The van der Waals surface area contributed by atoms with Crippen molar-refractivity contribution >= 4 is 19.2 Å². The van der Waals surface area contributed by atoms with E-state index in [0.717, 1.165) is 101 Å². The molecule has 3 heterocycles. The van der Waals surface area contributed by atoms with Crippen molar-refractivity contribution in [3.8, 4) is 5.75 Å². The van der Waals surface area contributed by atoms with Gasteiger partial charge in [-0.1, -0.05) is 101 Å². The second-order valence-electron chi connectivity index (χ2n) is 18.7. The number of phenolic OH excluding ortho intramolecular Hbond substituents is 1. The largest absolute Gasteiger partial charge is 0.506 e. The summed E-state index contributed by atoms with van der Waals surface area (Å²) < 4.78 is 8.95. The normalized spacial score (nSPS) is 17.9. The zero-order chi connectivity index (χ0) is 41.6. The number of H-pyrrole nitrogens is 1. The van der Waals surface area contributed by atoms with E-state index in [1.807, 2.05) is 47.4 Å². The Morgan fingerprint density at radius 1 is 0.898 bits per heavy atom. The first-order valence-electron chi connectivity index (χ1n) is 22.0. The van der Waals surface area contributed by atoms with Crippen LogP contribution in [0.15, 0.2) is 90.0 Å². The highest BCUT2D eigenvalue weighted by Gasteiger charge is 2.44. The average molecular weight is 819 g/mol. The Morgan fingerprint density at radius 3 is 2.29 bits per heavy atom. The number of aromatic amines is 1. The first kappa shape index (κ1) is 43.0. The van der Waals surface area contributed by atoms with Crippen molar-refractivity contribution in [2.75, 3.05) is 32.7 Å². The SMILES string of the molecule is CC(C)(C)[Si](C)(C)O[C@@H](CNCCc1ccc(CCN2CCC(Cn3cnc(C(O)(c4ccccc4)C4CCCCC4)n3)CC2)cc1)c1ccc(O)c2[nH]c(=O)ccc12. The lowest BCUT2D eigenvalue weighted by Gasteiger charge is -2.39. The summed E-state index contributed by atoms with van der Waals surface area (Å²) >= 11 is 0. The zero-order valence-corrected chi connectivity index (χ0v) is 36.9. The van der Waals surface area contributed by atoms with Gasteiger partial charge in [0.15, 0.2) is 19.7 Å². The molecule has 0 radical (unpaired) electrons. The van der Waals surface area contributed by atoms with Crippen LogP contribution < -0.4 is 10.9 Å². The third kappa shape index (κ3) is 10.3. The molecule has 4 N–H and O–H groups in total. The van der Waals surface area contributed by atoms with E-state index in [-0.39, 0.29) is 28.4 Å². The predicted octanol–water partition coefficient (Wildman–Crippen LogP) is 8.49. The van der Waals surface area contributed by atoms with Crippen molar-refractivity contribution in [3.05, 3.63) is 124 Å². The Kier molecular flexibility index (Phi) is 13.6. The average Bonchev–Trinajstić information content (AvgIpc) is 3.71. The van der Waals surface area contributed by atoms with Crippen molar-refractivity contribution in [1.82, 2.24) is 30.0 Å². The predicted molar refractivity (Wildman–Crippen MR) is 239 cm³/mol. The van der Waals surface area contributed by atoms with Crippen LogP contribution in [0.3, 0.4) is 0 Å². The number of aromatic hydroxyl groups is 1. The molecule has 11 heteroatoms. The number of pyridine rings is 1. The van der Waals surface area contributed by atoms with Gasteiger partial charge in [-0.2, -0.15) is 5.10 Å². The molecule has 0 bridgehead atoms. The fraction of sp³-hybridized carbons (Fsp3) is 0.521. The van der Waals surface area contributed by atoms with E-state index in [1.165, 1.54) is 23.6 Å². The molecule has 2 aliphatic rings. The third-order valence-electron chi connectivity index (χ3n) is 13.6. The van der Waals surface area contributed by atoms with E-state index in [2.05, 4.69) is 73.3 Å². The topological polar surface area (TPSA) is 129 Å². The molecule has 1 saturated heterocycles. The lowest BCUT2D eigenvalue weighted by molar-refractivity contribution is -0.00865. The van der Waals surface area contributed by atoms with Crippen LogP contribution in [-0.4, -0.2) is 75.9 Å². The number of rotatable bonds is 16. The molecule has 59 heavy (non-hydrogen) atoms. The molecule has 2 fully saturated rings. The molecule has 5 aromatic rings. The van der Waals surface area contributed by atoms with E-state index < -0.39 is 13.9 Å². The van der Waals surface area contributed by atoms with Crippen LogP contribution in [0.25, 0.3) is 10.9 Å². The molecule has 0 spiro atoms. The highest BCUT2D eigenvalue weighted by atomic mass is 28.4. The molecule has 2 atom stereocenters. The second kappa shape index (κ2) is 18.6. The van der Waals surface area contributed by atoms with Crippen LogP contribution in [-0.2, 0) is 29.4 Å². The number of piperidine rings is 1. The van der Waals surface area contributed by atoms with Gasteiger partial charge in [0.25, 0.3) is 0 Å². The van der Waals surface area contributed by atoms with Crippen LogP contribution in [0.5, 0.6) is 5.75 Å². The van der Waals surface area contributed by atoms with E-state index in [1.54, 1.807) is 12.1 Å². The molecule has 7 rings (SSSR count). The molecule has 1 aliphatic carbocycles. The summed E-state index contributed by atoms with van der Waals surface area (Å²) in [6.07, 6.45) is 11.4. The molecule has 10 nitrogen and oxygen atoms in total. The molecule has 316 valence electrons. The Bertz CT molecular complexity index is 2170. The van der Waals surface area contributed by atoms with Gasteiger partial charge in [0, 0.05) is 31.1 Å². The number of benzene rings is 3. The maximum atomic E-state index is 12.2. The van der Waals surface area contributed by atoms with Crippen LogP contribution in [0.1, 0.15) is 99.9 Å². The summed E-state index contributed by atoms with van der Waals surface area (Å²) in [4.78, 5) is 22.2. The molecule has 0 amide bonds. The molecule has 1 aliphatic heterocycles. The Hall–Kier alpha value is -4.13. The van der Waals surface area contributed by atoms with Crippen LogP contribution in [0, 0.1) is 11.8 Å². The number of nitrogens with zero attached hydrogens (tertiary/aromatic N) is 4. The van der Waals surface area contributed by atoms with Crippen LogP contribution in [0.4, 0.5) is 0 Å². The molecule has 2 aromatic heterocycles. The fourth-order valence-corrected chi connectivity index (χ4v) is 10.2. The highest BCUT2D eigenvalue weighted by Crippen LogP contribution is 2.43. The second-order valence-corrected chi connectivity index (χ2v) is 23.5. The number of fused-ring (bicyclic) bond motifs is 1. The molecule has 1 saturated carbocycles. The first-order valence-corrected chi connectivity index (χ1v) is 24.9. The summed E-state index contributed by atoms with van der Waals surface area (Å²) in [5, 5.41) is 32.2. The minimum Gasteiger partial charge on any atom is -0.506 e. The zero-order valence-electron chi connectivity index (χ0n) is 35.9. The monoisotopic (exact) mass is 818 g/mol. The Balaban J connectivity index is 0.874. The van der Waals surface area contributed by atoms with Gasteiger partial charge in [-0.3, -0.25) is 9.48 Å². The van der Waals surface area contributed by atoms with Crippen molar-refractivity contribution in [1.29, 1.82) is 0 Å². The summed E-state index contributed by atoms with van der Waals surface area (Å²) in [7, 11) is -2.15. The Morgan fingerprint density at radius 2 is 1.59 bits per heavy atom. The van der Waals surface area contributed by atoms with Gasteiger partial charge < -0.3 is 29.8 Å². The smallest absolute Gasteiger partial charge is 0.248 e. The van der Waals surface area contributed by atoms with Crippen molar-refractivity contribution in [3.63, 3.8) is 0 Å². The molecular weight excluding hydrogens is 753 g/mol. The minimum atomic E-state index is -2.15. The fourth-order valence-electron chi connectivity index (χ4n) is 8.89. The number of likely N-dealkylation sites (tertiary alicyclic amines) is 1. The van der Waals surface area contributed by atoms with Gasteiger partial charge in [0.2, 0.25) is 5.56 Å². The summed E-state index contributed by atoms with van der Waals surface area (Å²) in [5.74, 6) is 1.30. The van der Waals surface area contributed by atoms with Crippen molar-refractivity contribution in [2.45, 2.75) is 115 Å². The van der Waals surface area contributed by atoms with E-state index in [9.17, 15) is 15.0 Å². The molecule has 3 aromatic carbocycles. The number of aliphatic hydroxyl groups is 1. The quantitative estimate of drug-likeness (QED) is 0.0577. The number of hydrogen-bond donors (Lipinski definition) is 4. The van der Waals surface area contributed by atoms with Crippen LogP contribution in [0.2, 0.25) is 18.1 Å². The van der Waals surface area contributed by atoms with Crippen molar-refractivity contribution < 1.29 is 14.6 Å². The third-order valence-corrected chi connectivity index (χ3v) is 18.1. The summed E-state index contributed by atoms with van der Waals surface area (Å²) in [5.41, 5.74) is 3.59. The van der Waals surface area contributed by atoms with Gasteiger partial charge in [0.05, 0.1) is 11.6 Å². The minimum absolute atomic E-state index is 0.0287. The van der Waals surface area contributed by atoms with E-state index in [4.69, 9.17) is 14.5 Å². The standard InChI is InChI=1S/C48H66N6O4Si/c1-47(2,3)59(4,5)58-43(40-20-22-42(55)45-41(40)21-23-44(56)51-45)32-49-28-24-35-16-18-36(19-17-35)25-29-53-30-26-37(27-31-53)33-54-34-50-46(52-54)48(57,38-12-8-6-9-13-38)39-14-10-7-11-15-39/h6,8-9,12-13,16-23,34,37,39,43,49,55,57H,7,10-11,14-15,24-33H2,1-5H3,(H,51,56)/t43-,48?/m0/s1. The lowest BCUT2D eigenvalue weighted by Crippen LogP contribution is -2.43. The maximum absolute atomic E-state index is 12.2. The lowest BCUT2D eigenvalue weighted by atomic mass is 9.73. The van der Waals surface area contributed by atoms with E-state index >= 15 is 0 Å². The van der Waals surface area contributed by atoms with Gasteiger partial charge >= 0.3 is 0 Å². The number of hydrogen-bond acceptors (Lipinski definition) is 8. The summed E-state index contributed by atoms with van der Waals surface area (Å²) in [6, 6.07) is 26.0. The summed E-state index contributed by atoms with van der Waals surface area (Å²) in [6.45, 7) is 16.7. The van der Waals surface area contributed by atoms with Crippen molar-refractivity contribution in [2.24, 2.45) is 11.8 Å². The van der Waals surface area contributed by atoms with E-state index in [0.29, 0.717) is 23.8 Å². The van der Waals surface area contributed by atoms with Gasteiger partial charge in [0.1, 0.15) is 12.1 Å². The first-order chi connectivity index (χ1) is 28.3. The van der Waals surface area contributed by atoms with Crippen LogP contribution >= 0.6 is 0 Å². The highest BCUT2D eigenvalue weighted by molar-refractivity contribution is 6.74. The number of phenols is 1. The Labute approximate surface area is 351 Å². The van der Waals surface area contributed by atoms with Gasteiger partial charge in [-0.15, -0.1) is 0 Å². The molecule has 1 unspecified atom stereocenters. The van der Waals surface area contributed by atoms with Gasteiger partial charge in [-0.05, 0) is 123 Å².